The molecule has 0 amide bonds. The lowest BCUT2D eigenvalue weighted by Crippen LogP contribution is -2.38. The third kappa shape index (κ3) is 14.4. The molecule has 0 atom stereocenters. The Hall–Kier alpha value is 0.310. The summed E-state index contributed by atoms with van der Waals surface area (Å²) >= 11 is 1.84. The van der Waals surface area contributed by atoms with Crippen LogP contribution in [-0.2, 0) is 4.74 Å². The Kier molecular flexibility index (Phi) is 19.8. The van der Waals surface area contributed by atoms with Crippen molar-refractivity contribution < 1.29 is 4.74 Å². The predicted octanol–water partition coefficient (Wildman–Crippen LogP) is 2.34. The summed E-state index contributed by atoms with van der Waals surface area (Å²) in [4.78, 5) is 4.53. The number of halogens is 1. The minimum Gasteiger partial charge on any atom is -0.385 e. The first kappa shape index (κ1) is 20.6. The van der Waals surface area contributed by atoms with Crippen LogP contribution in [0.4, 0.5) is 0 Å². The number of ether oxygens (including phenoxy) is 1. The molecule has 0 aliphatic rings. The Morgan fingerprint density at radius 3 is 2.61 bits per heavy atom. The molecule has 0 aliphatic carbocycles. The van der Waals surface area contributed by atoms with Gasteiger partial charge >= 0.3 is 0 Å². The first-order valence-electron chi connectivity index (χ1n) is 6.35. The highest BCUT2D eigenvalue weighted by molar-refractivity contribution is 14.0. The molecule has 0 unspecified atom stereocenters. The van der Waals surface area contributed by atoms with Gasteiger partial charge in [0.05, 0.1) is 0 Å². The maximum Gasteiger partial charge on any atom is 0.191 e. The smallest absolute Gasteiger partial charge is 0.191 e. The fourth-order valence-electron chi connectivity index (χ4n) is 1.34. The number of nitrogens with one attached hydrogen (secondary N) is 2. The second kappa shape index (κ2) is 17.3. The van der Waals surface area contributed by atoms with Crippen molar-refractivity contribution in [2.45, 2.75) is 26.2 Å². The molecule has 0 heterocycles. The molecule has 0 radical (unpaired) electrons. The number of rotatable bonds is 10. The minimum absolute atomic E-state index is 0. The lowest BCUT2D eigenvalue weighted by Gasteiger charge is -2.10. The fourth-order valence-corrected chi connectivity index (χ4v) is 1.65. The Labute approximate surface area is 133 Å². The number of nitrogens with zero attached hydrogens (tertiary/aromatic N) is 1. The van der Waals surface area contributed by atoms with Crippen LogP contribution in [0.5, 0.6) is 0 Å². The lowest BCUT2D eigenvalue weighted by molar-refractivity contribution is 0.192. The topological polar surface area (TPSA) is 45.7 Å². The van der Waals surface area contributed by atoms with E-state index in [1.165, 1.54) is 6.42 Å². The number of guanidine groups is 1. The largest absolute Gasteiger partial charge is 0.385 e. The van der Waals surface area contributed by atoms with Gasteiger partial charge in [-0.25, -0.2) is 0 Å². The van der Waals surface area contributed by atoms with E-state index in [0.717, 1.165) is 50.8 Å². The van der Waals surface area contributed by atoms with E-state index in [0.29, 0.717) is 0 Å². The highest BCUT2D eigenvalue weighted by Gasteiger charge is 1.95. The van der Waals surface area contributed by atoms with Gasteiger partial charge in [-0.05, 0) is 32.4 Å². The van der Waals surface area contributed by atoms with E-state index >= 15 is 0 Å². The van der Waals surface area contributed by atoms with Crippen molar-refractivity contribution in [2.75, 3.05) is 45.4 Å². The van der Waals surface area contributed by atoms with Crippen molar-refractivity contribution in [3.63, 3.8) is 0 Å². The van der Waals surface area contributed by atoms with Gasteiger partial charge in [0.15, 0.2) is 5.96 Å². The number of hydrogen-bond acceptors (Lipinski definition) is 3. The van der Waals surface area contributed by atoms with Crippen molar-refractivity contribution >= 4 is 41.7 Å². The van der Waals surface area contributed by atoms with E-state index in [4.69, 9.17) is 4.74 Å². The van der Waals surface area contributed by atoms with Crippen molar-refractivity contribution in [1.29, 1.82) is 0 Å². The Bertz CT molecular complexity index is 194. The van der Waals surface area contributed by atoms with E-state index in [9.17, 15) is 0 Å². The molecule has 0 fully saturated rings. The predicted molar refractivity (Wildman–Crippen MR) is 93.5 cm³/mol. The zero-order valence-corrected chi connectivity index (χ0v) is 15.0. The Balaban J connectivity index is 0. The van der Waals surface area contributed by atoms with Crippen LogP contribution in [0.3, 0.4) is 0 Å². The number of unbranched alkanes of at least 4 members (excludes halogenated alkanes) is 2. The molecular formula is C12H28IN3OS. The maximum absolute atomic E-state index is 5.01. The summed E-state index contributed by atoms with van der Waals surface area (Å²) in [5.74, 6) is 2.05. The van der Waals surface area contributed by atoms with Gasteiger partial charge in [-0.1, -0.05) is 0 Å². The number of hydrogen-bond donors (Lipinski definition) is 2. The molecule has 0 bridgehead atoms. The molecule has 6 heteroatoms. The summed E-state index contributed by atoms with van der Waals surface area (Å²) < 4.78 is 5.01. The second-order valence-corrected chi connectivity index (χ2v) is 4.72. The fraction of sp³-hybridized carbons (Fsp3) is 0.917. The van der Waals surface area contributed by atoms with Gasteiger partial charge in [0, 0.05) is 39.1 Å². The van der Waals surface area contributed by atoms with Crippen molar-refractivity contribution in [2.24, 2.45) is 4.99 Å². The number of thioether (sulfide) groups is 1. The summed E-state index contributed by atoms with van der Waals surface area (Å²) in [6.45, 7) is 5.71. The SMILES string of the molecule is CCNC(=NCCCCCOC)NCCSC.I. The first-order valence-corrected chi connectivity index (χ1v) is 7.74. The molecular weight excluding hydrogens is 361 g/mol. The van der Waals surface area contributed by atoms with E-state index < -0.39 is 0 Å². The van der Waals surface area contributed by atoms with Gasteiger partial charge in [-0.15, -0.1) is 24.0 Å². The van der Waals surface area contributed by atoms with Crippen LogP contribution in [0.2, 0.25) is 0 Å². The molecule has 2 N–H and O–H groups in total. The molecule has 110 valence electrons. The first-order chi connectivity index (χ1) is 8.35. The highest BCUT2D eigenvalue weighted by Crippen LogP contribution is 1.95. The summed E-state index contributed by atoms with van der Waals surface area (Å²) in [7, 11) is 1.75. The number of methoxy groups -OCH3 is 1. The molecule has 0 saturated heterocycles. The van der Waals surface area contributed by atoms with Gasteiger partial charge in [0.1, 0.15) is 0 Å². The van der Waals surface area contributed by atoms with Gasteiger partial charge in [-0.3, -0.25) is 4.99 Å². The van der Waals surface area contributed by atoms with E-state index in [1.54, 1.807) is 7.11 Å². The number of aliphatic imine (C=N–C) groups is 1. The molecule has 0 aliphatic heterocycles. The second-order valence-electron chi connectivity index (χ2n) is 3.73. The third-order valence-electron chi connectivity index (χ3n) is 2.22. The highest BCUT2D eigenvalue weighted by atomic mass is 127. The zero-order valence-electron chi connectivity index (χ0n) is 11.8. The molecule has 0 rings (SSSR count). The minimum atomic E-state index is 0. The van der Waals surface area contributed by atoms with Crippen molar-refractivity contribution in [3.8, 4) is 0 Å². The normalized spacial score (nSPS) is 10.9. The van der Waals surface area contributed by atoms with Crippen LogP contribution in [0.1, 0.15) is 26.2 Å². The van der Waals surface area contributed by atoms with Crippen LogP contribution < -0.4 is 10.6 Å². The molecule has 0 aromatic carbocycles. The molecule has 0 aromatic rings. The van der Waals surface area contributed by atoms with Crippen LogP contribution >= 0.6 is 35.7 Å². The maximum atomic E-state index is 5.01. The lowest BCUT2D eigenvalue weighted by atomic mass is 10.2. The van der Waals surface area contributed by atoms with Crippen LogP contribution in [0.15, 0.2) is 4.99 Å². The van der Waals surface area contributed by atoms with Crippen molar-refractivity contribution in [3.05, 3.63) is 0 Å². The van der Waals surface area contributed by atoms with Crippen molar-refractivity contribution in [1.82, 2.24) is 10.6 Å². The van der Waals surface area contributed by atoms with Gasteiger partial charge in [-0.2, -0.15) is 11.8 Å². The standard InChI is InChI=1S/C12H27N3OS.HI/c1-4-13-12(15-9-11-17-3)14-8-6-5-7-10-16-2;/h4-11H2,1-3H3,(H2,13,14,15);1H. The summed E-state index contributed by atoms with van der Waals surface area (Å²) in [6, 6.07) is 0. The third-order valence-corrected chi connectivity index (χ3v) is 2.83. The molecule has 0 aromatic heterocycles. The van der Waals surface area contributed by atoms with Gasteiger partial charge in [0.25, 0.3) is 0 Å². The average molecular weight is 389 g/mol. The van der Waals surface area contributed by atoms with Crippen LogP contribution in [-0.4, -0.2) is 51.3 Å². The molecule has 0 spiro atoms. The van der Waals surface area contributed by atoms with Crippen LogP contribution in [0, 0.1) is 0 Å². The average Bonchev–Trinajstić information content (AvgIpc) is 2.34. The van der Waals surface area contributed by atoms with Gasteiger partial charge in [0.2, 0.25) is 0 Å². The monoisotopic (exact) mass is 389 g/mol. The molecule has 4 nitrogen and oxygen atoms in total. The molecule has 18 heavy (non-hydrogen) atoms. The quantitative estimate of drug-likeness (QED) is 0.261. The molecule has 0 saturated carbocycles. The van der Waals surface area contributed by atoms with E-state index in [1.807, 2.05) is 11.8 Å². The van der Waals surface area contributed by atoms with E-state index in [2.05, 4.69) is 28.8 Å². The zero-order chi connectivity index (χ0) is 12.8. The summed E-state index contributed by atoms with van der Waals surface area (Å²) in [5.41, 5.74) is 0. The Morgan fingerprint density at radius 2 is 2.00 bits per heavy atom. The Morgan fingerprint density at radius 1 is 1.22 bits per heavy atom. The summed E-state index contributed by atoms with van der Waals surface area (Å²) in [5, 5.41) is 6.57. The summed E-state index contributed by atoms with van der Waals surface area (Å²) in [6.07, 6.45) is 5.55. The van der Waals surface area contributed by atoms with E-state index in [-0.39, 0.29) is 24.0 Å². The van der Waals surface area contributed by atoms with Gasteiger partial charge < -0.3 is 15.4 Å². The van der Waals surface area contributed by atoms with Crippen LogP contribution in [0.25, 0.3) is 0 Å².